The fourth-order valence-electron chi connectivity index (χ4n) is 3.35. The number of hydrogen-bond acceptors (Lipinski definition) is 4. The third-order valence-corrected chi connectivity index (χ3v) is 5.58. The van der Waals surface area contributed by atoms with Gasteiger partial charge < -0.3 is 11.1 Å². The van der Waals surface area contributed by atoms with E-state index in [9.17, 15) is 40.7 Å². The Hall–Kier alpha value is -4.07. The van der Waals surface area contributed by atoms with Crippen LogP contribution in [0.5, 0.6) is 0 Å². The molecule has 0 radical (unpaired) electrons. The topological polar surface area (TPSA) is 112 Å². The number of nitrogens with two attached hydrogens (primary N) is 1. The lowest BCUT2D eigenvalue weighted by atomic mass is 9.89. The van der Waals surface area contributed by atoms with Crippen molar-refractivity contribution in [2.75, 3.05) is 0 Å². The van der Waals surface area contributed by atoms with E-state index >= 15 is 0 Å². The molecule has 3 N–H and O–H groups in total. The standard InChI is InChI=1S/C23H18ClF6N5O3/c1-21(19(31)37,14-3-2-4-15(11-14)23(28,29)30)32-17(36)12-35-20(38)34(10-9-22(25,26)27)18(33-35)13-5-7-16(24)8-6-13/h2-11H,12H2,1H3,(H2,31,37)(H,32,36)/t21-/m1/s1. The van der Waals surface area contributed by atoms with Crippen LogP contribution < -0.4 is 16.7 Å². The van der Waals surface area contributed by atoms with Gasteiger partial charge in [0.15, 0.2) is 5.82 Å². The number of halogens is 7. The zero-order valence-electron chi connectivity index (χ0n) is 19.3. The van der Waals surface area contributed by atoms with E-state index in [0.29, 0.717) is 26.5 Å². The number of alkyl halides is 6. The highest BCUT2D eigenvalue weighted by atomic mass is 35.5. The number of carbonyl (C=O) groups excluding carboxylic acids is 2. The number of aromatic nitrogens is 3. The monoisotopic (exact) mass is 561 g/mol. The van der Waals surface area contributed by atoms with Gasteiger partial charge in [-0.3, -0.25) is 9.59 Å². The van der Waals surface area contributed by atoms with Gasteiger partial charge in [-0.1, -0.05) is 23.7 Å². The van der Waals surface area contributed by atoms with Crippen molar-refractivity contribution in [3.63, 3.8) is 0 Å². The van der Waals surface area contributed by atoms with Crippen LogP contribution in [0.15, 0.2) is 59.4 Å². The molecule has 0 saturated carbocycles. The van der Waals surface area contributed by atoms with Gasteiger partial charge >= 0.3 is 18.0 Å². The third kappa shape index (κ3) is 6.43. The lowest BCUT2D eigenvalue weighted by Gasteiger charge is -2.28. The number of carbonyl (C=O) groups is 2. The number of nitrogens with one attached hydrogen (secondary N) is 1. The molecule has 0 fully saturated rings. The molecule has 0 saturated heterocycles. The summed E-state index contributed by atoms with van der Waals surface area (Å²) in [7, 11) is 0. The molecule has 0 aliphatic heterocycles. The minimum atomic E-state index is -4.77. The summed E-state index contributed by atoms with van der Waals surface area (Å²) in [6.45, 7) is 0.156. The molecule has 1 heterocycles. The zero-order chi connectivity index (χ0) is 28.5. The van der Waals surface area contributed by atoms with Crippen LogP contribution in [0.4, 0.5) is 26.3 Å². The van der Waals surface area contributed by atoms with Crippen LogP contribution in [0.25, 0.3) is 17.6 Å². The molecule has 15 heteroatoms. The van der Waals surface area contributed by atoms with Crippen LogP contribution in [-0.4, -0.2) is 32.3 Å². The van der Waals surface area contributed by atoms with Gasteiger partial charge in [0, 0.05) is 22.9 Å². The molecule has 38 heavy (non-hydrogen) atoms. The van der Waals surface area contributed by atoms with Crippen molar-refractivity contribution in [3.05, 3.63) is 81.2 Å². The van der Waals surface area contributed by atoms with E-state index in [-0.39, 0.29) is 23.0 Å². The summed E-state index contributed by atoms with van der Waals surface area (Å²) in [5.74, 6) is -2.56. The maximum absolute atomic E-state index is 13.2. The molecule has 0 aliphatic rings. The molecule has 2 aromatic carbocycles. The first-order chi connectivity index (χ1) is 17.5. The van der Waals surface area contributed by atoms with Gasteiger partial charge in [0.2, 0.25) is 11.8 Å². The Morgan fingerprint density at radius 3 is 2.21 bits per heavy atom. The highest BCUT2D eigenvalue weighted by molar-refractivity contribution is 6.30. The molecule has 0 bridgehead atoms. The maximum Gasteiger partial charge on any atom is 0.416 e. The molecular weight excluding hydrogens is 544 g/mol. The Morgan fingerprint density at radius 2 is 1.66 bits per heavy atom. The average Bonchev–Trinajstić information content (AvgIpc) is 3.11. The average molecular weight is 562 g/mol. The number of allylic oxidation sites excluding steroid dienone is 1. The fraction of sp³-hybridized carbons (Fsp3) is 0.217. The molecule has 1 aromatic heterocycles. The van der Waals surface area contributed by atoms with Crippen molar-refractivity contribution in [2.45, 2.75) is 31.4 Å². The van der Waals surface area contributed by atoms with Crippen molar-refractivity contribution in [3.8, 4) is 11.4 Å². The summed E-state index contributed by atoms with van der Waals surface area (Å²) < 4.78 is 78.9. The number of primary amides is 1. The van der Waals surface area contributed by atoms with Crippen molar-refractivity contribution in [1.29, 1.82) is 0 Å². The van der Waals surface area contributed by atoms with Crippen molar-refractivity contribution in [2.24, 2.45) is 5.73 Å². The van der Waals surface area contributed by atoms with E-state index in [1.54, 1.807) is 0 Å². The SMILES string of the molecule is C[C@](NC(=O)Cn1nc(-c2ccc(Cl)cc2)n(C=CC(F)(F)F)c1=O)(C(N)=O)c1cccc(C(F)(F)F)c1. The molecule has 0 unspecified atom stereocenters. The third-order valence-electron chi connectivity index (χ3n) is 5.33. The summed E-state index contributed by atoms with van der Waals surface area (Å²) in [5, 5.41) is 6.41. The molecular formula is C23H18ClF6N5O3. The normalized spacial score (nSPS) is 13.9. The van der Waals surface area contributed by atoms with Gasteiger partial charge in [-0.15, -0.1) is 5.10 Å². The number of hydrogen-bond donors (Lipinski definition) is 2. The van der Waals surface area contributed by atoms with E-state index in [1.807, 2.05) is 0 Å². The number of rotatable bonds is 7. The number of benzene rings is 2. The lowest BCUT2D eigenvalue weighted by Crippen LogP contribution is -2.54. The highest BCUT2D eigenvalue weighted by Gasteiger charge is 2.38. The molecule has 0 spiro atoms. The van der Waals surface area contributed by atoms with Crippen LogP contribution in [0.1, 0.15) is 18.1 Å². The Bertz CT molecular complexity index is 1440. The van der Waals surface area contributed by atoms with E-state index in [2.05, 4.69) is 10.4 Å². The smallest absolute Gasteiger partial charge is 0.367 e. The van der Waals surface area contributed by atoms with Crippen LogP contribution in [0.2, 0.25) is 5.02 Å². The van der Waals surface area contributed by atoms with Crippen molar-refractivity contribution >= 4 is 29.6 Å². The largest absolute Gasteiger partial charge is 0.416 e. The number of amides is 2. The van der Waals surface area contributed by atoms with E-state index in [1.165, 1.54) is 24.3 Å². The van der Waals surface area contributed by atoms with Crippen LogP contribution in [0, 0.1) is 0 Å². The number of nitrogens with zero attached hydrogens (tertiary/aromatic N) is 3. The fourth-order valence-corrected chi connectivity index (χ4v) is 3.48. The van der Waals surface area contributed by atoms with Gasteiger partial charge in [-0.2, -0.15) is 26.3 Å². The molecule has 2 amide bonds. The minimum Gasteiger partial charge on any atom is -0.367 e. The second-order valence-electron chi connectivity index (χ2n) is 8.11. The van der Waals surface area contributed by atoms with E-state index in [4.69, 9.17) is 17.3 Å². The van der Waals surface area contributed by atoms with Gasteiger partial charge in [-0.25, -0.2) is 14.0 Å². The Labute approximate surface area is 215 Å². The second kappa shape index (κ2) is 10.4. The van der Waals surface area contributed by atoms with Gasteiger partial charge in [0.25, 0.3) is 0 Å². The molecule has 3 aromatic rings. The molecule has 202 valence electrons. The molecule has 1 atom stereocenters. The summed E-state index contributed by atoms with van der Waals surface area (Å²) in [6, 6.07) is 9.11. The highest BCUT2D eigenvalue weighted by Crippen LogP contribution is 2.32. The first kappa shape index (κ1) is 28.5. The predicted octanol–water partition coefficient (Wildman–Crippen LogP) is 3.93. The minimum absolute atomic E-state index is 0.184. The Kier molecular flexibility index (Phi) is 7.77. The van der Waals surface area contributed by atoms with Crippen LogP contribution >= 0.6 is 11.6 Å². The van der Waals surface area contributed by atoms with E-state index in [0.717, 1.165) is 25.1 Å². The van der Waals surface area contributed by atoms with Crippen LogP contribution in [-0.2, 0) is 27.8 Å². The lowest BCUT2D eigenvalue weighted by molar-refractivity contribution is -0.138. The van der Waals surface area contributed by atoms with E-state index < -0.39 is 47.5 Å². The Balaban J connectivity index is 1.98. The summed E-state index contributed by atoms with van der Waals surface area (Å²) in [4.78, 5) is 37.8. The quantitative estimate of drug-likeness (QED) is 0.426. The molecule has 8 nitrogen and oxygen atoms in total. The first-order valence-electron chi connectivity index (χ1n) is 10.5. The van der Waals surface area contributed by atoms with Crippen LogP contribution in [0.3, 0.4) is 0 Å². The summed E-state index contributed by atoms with van der Waals surface area (Å²) in [6.07, 6.45) is -9.31. The van der Waals surface area contributed by atoms with Crippen molar-refractivity contribution < 1.29 is 35.9 Å². The maximum atomic E-state index is 13.2. The van der Waals surface area contributed by atoms with Gasteiger partial charge in [-0.05, 0) is 48.9 Å². The summed E-state index contributed by atoms with van der Waals surface area (Å²) in [5.41, 5.74) is 0.886. The predicted molar refractivity (Wildman–Crippen MR) is 124 cm³/mol. The van der Waals surface area contributed by atoms with Gasteiger partial charge in [0.1, 0.15) is 12.1 Å². The molecule has 3 rings (SSSR count). The first-order valence-corrected chi connectivity index (χ1v) is 10.9. The molecule has 0 aliphatic carbocycles. The Morgan fingerprint density at radius 1 is 1.05 bits per heavy atom. The van der Waals surface area contributed by atoms with Gasteiger partial charge in [0.05, 0.1) is 5.56 Å². The second-order valence-corrected chi connectivity index (χ2v) is 8.55. The summed E-state index contributed by atoms with van der Waals surface area (Å²) >= 11 is 5.83. The zero-order valence-corrected chi connectivity index (χ0v) is 20.0. The van der Waals surface area contributed by atoms with Crippen molar-refractivity contribution in [1.82, 2.24) is 19.7 Å².